The van der Waals surface area contributed by atoms with Gasteiger partial charge in [-0.3, -0.25) is 9.78 Å². The Bertz CT molecular complexity index is 1670. The SMILES string of the molecule is CCOC(=O)C1(c2ccc(-c3ccc(-c4onc(C)c4Cc4cccc(-c5cccc(Cl)c5)n4)cc3)cc2)CC1. The summed E-state index contributed by atoms with van der Waals surface area (Å²) in [5.74, 6) is 0.635. The maximum Gasteiger partial charge on any atom is 0.316 e. The van der Waals surface area contributed by atoms with E-state index in [0.29, 0.717) is 18.1 Å². The van der Waals surface area contributed by atoms with E-state index in [0.717, 1.165) is 69.1 Å². The fraction of sp³-hybridized carbons (Fsp3) is 0.206. The third-order valence-electron chi connectivity index (χ3n) is 7.60. The average molecular weight is 549 g/mol. The van der Waals surface area contributed by atoms with Crippen molar-refractivity contribution in [1.29, 1.82) is 0 Å². The zero-order valence-corrected chi connectivity index (χ0v) is 23.2. The number of nitrogens with zero attached hydrogens (tertiary/aromatic N) is 2. The topological polar surface area (TPSA) is 65.2 Å². The van der Waals surface area contributed by atoms with Crippen LogP contribution in [-0.2, 0) is 21.4 Å². The van der Waals surface area contributed by atoms with E-state index in [1.165, 1.54) is 0 Å². The maximum atomic E-state index is 12.4. The second-order valence-electron chi connectivity index (χ2n) is 10.2. The second-order valence-corrected chi connectivity index (χ2v) is 10.7. The largest absolute Gasteiger partial charge is 0.465 e. The van der Waals surface area contributed by atoms with Gasteiger partial charge in [-0.2, -0.15) is 0 Å². The summed E-state index contributed by atoms with van der Waals surface area (Å²) >= 11 is 6.19. The Labute approximate surface area is 238 Å². The number of carbonyl (C=O) groups excluding carboxylic acids is 1. The van der Waals surface area contributed by atoms with Gasteiger partial charge < -0.3 is 9.26 Å². The zero-order chi connectivity index (χ0) is 27.7. The van der Waals surface area contributed by atoms with Gasteiger partial charge >= 0.3 is 5.97 Å². The molecule has 0 aliphatic heterocycles. The van der Waals surface area contributed by atoms with Gasteiger partial charge in [0.2, 0.25) is 0 Å². The lowest BCUT2D eigenvalue weighted by Crippen LogP contribution is -2.23. The fourth-order valence-electron chi connectivity index (χ4n) is 5.19. The van der Waals surface area contributed by atoms with E-state index < -0.39 is 5.41 Å². The Morgan fingerprint density at radius 3 is 2.25 bits per heavy atom. The van der Waals surface area contributed by atoms with E-state index in [1.807, 2.05) is 56.3 Å². The standard InChI is InChI=1S/C34H29ClN2O3/c1-3-39-33(38)34(18-19-34)27-16-14-24(15-17-27)23-10-12-25(13-11-23)32-30(22(2)37-40-32)21-29-8-5-9-31(36-29)26-6-4-7-28(35)20-26/h4-17,20H,3,18-19,21H2,1-2H3. The van der Waals surface area contributed by atoms with Crippen LogP contribution in [-0.4, -0.2) is 22.7 Å². The third-order valence-corrected chi connectivity index (χ3v) is 7.84. The van der Waals surface area contributed by atoms with Crippen molar-refractivity contribution >= 4 is 17.6 Å². The first-order valence-electron chi connectivity index (χ1n) is 13.5. The third kappa shape index (κ3) is 5.05. The van der Waals surface area contributed by atoms with Crippen LogP contribution >= 0.6 is 11.6 Å². The van der Waals surface area contributed by atoms with Gasteiger partial charge in [-0.25, -0.2) is 0 Å². The number of esters is 1. The van der Waals surface area contributed by atoms with Crippen LogP contribution in [0.3, 0.4) is 0 Å². The van der Waals surface area contributed by atoms with E-state index in [1.54, 1.807) is 0 Å². The van der Waals surface area contributed by atoms with Gasteiger partial charge in [0.25, 0.3) is 0 Å². The van der Waals surface area contributed by atoms with E-state index in [2.05, 4.69) is 53.7 Å². The minimum atomic E-state index is -0.457. The molecule has 0 spiro atoms. The molecule has 0 radical (unpaired) electrons. The van der Waals surface area contributed by atoms with E-state index >= 15 is 0 Å². The number of carbonyl (C=O) groups is 1. The van der Waals surface area contributed by atoms with Gasteiger partial charge in [0, 0.05) is 33.8 Å². The number of aryl methyl sites for hydroxylation is 1. The van der Waals surface area contributed by atoms with E-state index in [-0.39, 0.29) is 5.97 Å². The molecule has 5 nitrogen and oxygen atoms in total. The minimum absolute atomic E-state index is 0.114. The summed E-state index contributed by atoms with van der Waals surface area (Å²) in [6.07, 6.45) is 2.29. The molecule has 0 saturated heterocycles. The number of pyridine rings is 1. The molecule has 3 aromatic carbocycles. The highest BCUT2D eigenvalue weighted by molar-refractivity contribution is 6.30. The molecular formula is C34H29ClN2O3. The second kappa shape index (κ2) is 10.7. The highest BCUT2D eigenvalue weighted by atomic mass is 35.5. The number of benzene rings is 3. The molecule has 0 atom stereocenters. The number of hydrogen-bond acceptors (Lipinski definition) is 5. The highest BCUT2D eigenvalue weighted by Gasteiger charge is 2.52. The van der Waals surface area contributed by atoms with Crippen LogP contribution in [0.15, 0.2) is 95.5 Å². The summed E-state index contributed by atoms with van der Waals surface area (Å²) in [5, 5.41) is 4.95. The zero-order valence-electron chi connectivity index (χ0n) is 22.5. The van der Waals surface area contributed by atoms with Gasteiger partial charge in [0.15, 0.2) is 5.76 Å². The minimum Gasteiger partial charge on any atom is -0.465 e. The van der Waals surface area contributed by atoms with E-state index in [4.69, 9.17) is 25.8 Å². The molecule has 0 unspecified atom stereocenters. The molecular weight excluding hydrogens is 520 g/mol. The first kappa shape index (κ1) is 26.0. The lowest BCUT2D eigenvalue weighted by Gasteiger charge is -2.14. The Hall–Kier alpha value is -4.22. The quantitative estimate of drug-likeness (QED) is 0.183. The molecule has 6 heteroatoms. The van der Waals surface area contributed by atoms with Crippen LogP contribution in [0.5, 0.6) is 0 Å². The Morgan fingerprint density at radius 1 is 0.900 bits per heavy atom. The average Bonchev–Trinajstić information content (AvgIpc) is 3.72. The summed E-state index contributed by atoms with van der Waals surface area (Å²) in [4.78, 5) is 17.3. The van der Waals surface area contributed by atoms with Crippen molar-refractivity contribution < 1.29 is 14.1 Å². The molecule has 0 bridgehead atoms. The van der Waals surface area contributed by atoms with E-state index in [9.17, 15) is 4.79 Å². The number of rotatable bonds is 8. The van der Waals surface area contributed by atoms with Crippen molar-refractivity contribution in [3.05, 3.63) is 119 Å². The smallest absolute Gasteiger partial charge is 0.316 e. The van der Waals surface area contributed by atoms with Crippen LogP contribution in [0.25, 0.3) is 33.7 Å². The van der Waals surface area contributed by atoms with Crippen LogP contribution < -0.4 is 0 Å². The summed E-state index contributed by atoms with van der Waals surface area (Å²) in [5.41, 5.74) is 8.36. The van der Waals surface area contributed by atoms with Crippen molar-refractivity contribution in [3.63, 3.8) is 0 Å². The van der Waals surface area contributed by atoms with Gasteiger partial charge in [0.1, 0.15) is 0 Å². The summed E-state index contributed by atoms with van der Waals surface area (Å²) in [7, 11) is 0. The normalized spacial score (nSPS) is 13.7. The molecule has 0 N–H and O–H groups in total. The molecule has 1 aliphatic carbocycles. The number of ether oxygens (including phenoxy) is 1. The van der Waals surface area contributed by atoms with Crippen molar-refractivity contribution in [3.8, 4) is 33.7 Å². The lowest BCUT2D eigenvalue weighted by atomic mass is 9.93. The summed E-state index contributed by atoms with van der Waals surface area (Å²) in [6, 6.07) is 30.3. The first-order valence-corrected chi connectivity index (χ1v) is 13.9. The molecule has 2 aromatic heterocycles. The molecule has 40 heavy (non-hydrogen) atoms. The van der Waals surface area contributed by atoms with Crippen molar-refractivity contribution in [2.45, 2.75) is 38.5 Å². The Kier molecular flexibility index (Phi) is 6.99. The van der Waals surface area contributed by atoms with Crippen molar-refractivity contribution in [1.82, 2.24) is 10.1 Å². The summed E-state index contributed by atoms with van der Waals surface area (Å²) in [6.45, 7) is 4.21. The molecule has 1 saturated carbocycles. The molecule has 0 amide bonds. The van der Waals surface area contributed by atoms with Crippen LogP contribution in [0, 0.1) is 6.92 Å². The number of hydrogen-bond donors (Lipinski definition) is 0. The summed E-state index contributed by atoms with van der Waals surface area (Å²) < 4.78 is 11.1. The van der Waals surface area contributed by atoms with Gasteiger partial charge in [-0.15, -0.1) is 0 Å². The molecule has 6 rings (SSSR count). The first-order chi connectivity index (χ1) is 19.5. The van der Waals surface area contributed by atoms with Gasteiger partial charge in [0.05, 0.1) is 23.4 Å². The fourth-order valence-corrected chi connectivity index (χ4v) is 5.38. The molecule has 1 aliphatic rings. The molecule has 200 valence electrons. The molecule has 1 fully saturated rings. The predicted octanol–water partition coefficient (Wildman–Crippen LogP) is 8.22. The van der Waals surface area contributed by atoms with Crippen molar-refractivity contribution in [2.75, 3.05) is 6.61 Å². The number of halogens is 1. The van der Waals surface area contributed by atoms with Crippen molar-refractivity contribution in [2.24, 2.45) is 0 Å². The molecule has 5 aromatic rings. The molecule has 2 heterocycles. The monoisotopic (exact) mass is 548 g/mol. The Balaban J connectivity index is 1.22. The van der Waals surface area contributed by atoms with Gasteiger partial charge in [-0.05, 0) is 67.6 Å². The van der Waals surface area contributed by atoms with Crippen LogP contribution in [0.1, 0.15) is 42.3 Å². The highest BCUT2D eigenvalue weighted by Crippen LogP contribution is 2.49. The van der Waals surface area contributed by atoms with Gasteiger partial charge in [-0.1, -0.05) is 83.5 Å². The van der Waals surface area contributed by atoms with Crippen LogP contribution in [0.4, 0.5) is 0 Å². The predicted molar refractivity (Wildman–Crippen MR) is 157 cm³/mol. The number of aromatic nitrogens is 2. The lowest BCUT2D eigenvalue weighted by molar-refractivity contribution is -0.146. The Morgan fingerprint density at radius 2 is 1.57 bits per heavy atom. The van der Waals surface area contributed by atoms with Crippen LogP contribution in [0.2, 0.25) is 5.02 Å². The maximum absolute atomic E-state index is 12.4.